The fourth-order valence-electron chi connectivity index (χ4n) is 1.55. The Hall–Kier alpha value is -2.09. The van der Waals surface area contributed by atoms with Crippen molar-refractivity contribution in [3.05, 3.63) is 53.7 Å². The van der Waals surface area contributed by atoms with E-state index in [9.17, 15) is 0 Å². The summed E-state index contributed by atoms with van der Waals surface area (Å²) in [5.74, 6) is 1.01. The molecule has 0 amide bonds. The SMILES string of the molecule is CNCc1ccc(Oc2ncccc2C#N)cc1.Cl. The fourth-order valence-corrected chi connectivity index (χ4v) is 1.55. The molecule has 2 aromatic rings. The summed E-state index contributed by atoms with van der Waals surface area (Å²) in [5, 5.41) is 12.0. The molecule has 0 atom stereocenters. The number of nitrogens with zero attached hydrogens (tertiary/aromatic N) is 2. The first-order valence-corrected chi connectivity index (χ1v) is 5.60. The maximum absolute atomic E-state index is 8.93. The smallest absolute Gasteiger partial charge is 0.237 e. The van der Waals surface area contributed by atoms with Gasteiger partial charge in [0.05, 0.1) is 0 Å². The van der Waals surface area contributed by atoms with Gasteiger partial charge in [-0.2, -0.15) is 5.26 Å². The van der Waals surface area contributed by atoms with Crippen LogP contribution in [0.4, 0.5) is 0 Å². The standard InChI is InChI=1S/C14H13N3O.ClH/c1-16-10-11-4-6-13(7-5-11)18-14-12(9-15)3-2-8-17-14;/h2-8,16H,10H2,1H3;1H. The third-order valence-corrected chi connectivity index (χ3v) is 2.41. The number of nitriles is 1. The lowest BCUT2D eigenvalue weighted by Gasteiger charge is -2.06. The molecule has 0 unspecified atom stereocenters. The lowest BCUT2D eigenvalue weighted by molar-refractivity contribution is 0.461. The number of nitrogens with one attached hydrogen (secondary N) is 1. The highest BCUT2D eigenvalue weighted by atomic mass is 35.5. The summed E-state index contributed by atoms with van der Waals surface area (Å²) < 4.78 is 5.58. The van der Waals surface area contributed by atoms with E-state index in [2.05, 4.69) is 10.3 Å². The largest absolute Gasteiger partial charge is 0.438 e. The van der Waals surface area contributed by atoms with Gasteiger partial charge in [-0.05, 0) is 36.9 Å². The van der Waals surface area contributed by atoms with Crippen LogP contribution in [0.1, 0.15) is 11.1 Å². The van der Waals surface area contributed by atoms with Crippen LogP contribution in [0, 0.1) is 11.3 Å². The van der Waals surface area contributed by atoms with Crippen LogP contribution >= 0.6 is 12.4 Å². The Kier molecular flexibility index (Phi) is 5.80. The molecular formula is C14H14ClN3O. The van der Waals surface area contributed by atoms with Crippen LogP contribution in [0.5, 0.6) is 11.6 Å². The normalized spacial score (nSPS) is 9.26. The van der Waals surface area contributed by atoms with Gasteiger partial charge < -0.3 is 10.1 Å². The number of benzene rings is 1. The average Bonchev–Trinajstić information content (AvgIpc) is 2.42. The molecule has 0 saturated heterocycles. The van der Waals surface area contributed by atoms with E-state index in [1.807, 2.05) is 37.4 Å². The zero-order valence-corrected chi connectivity index (χ0v) is 11.3. The van der Waals surface area contributed by atoms with Gasteiger partial charge in [-0.25, -0.2) is 4.98 Å². The molecule has 0 aliphatic heterocycles. The van der Waals surface area contributed by atoms with E-state index in [-0.39, 0.29) is 12.4 Å². The second-order valence-corrected chi connectivity index (χ2v) is 3.74. The lowest BCUT2D eigenvalue weighted by atomic mass is 10.2. The minimum atomic E-state index is 0. The number of pyridine rings is 1. The van der Waals surface area contributed by atoms with Crippen LogP contribution in [-0.2, 0) is 6.54 Å². The number of rotatable bonds is 4. The number of ether oxygens (including phenoxy) is 1. The number of halogens is 1. The van der Waals surface area contributed by atoms with Gasteiger partial charge in [0.25, 0.3) is 0 Å². The van der Waals surface area contributed by atoms with Crippen LogP contribution in [0.25, 0.3) is 0 Å². The van der Waals surface area contributed by atoms with E-state index < -0.39 is 0 Å². The van der Waals surface area contributed by atoms with Crippen LogP contribution in [0.3, 0.4) is 0 Å². The summed E-state index contributed by atoms with van der Waals surface area (Å²) in [4.78, 5) is 4.05. The molecule has 0 saturated carbocycles. The van der Waals surface area contributed by atoms with Gasteiger partial charge in [-0.1, -0.05) is 12.1 Å². The second kappa shape index (κ2) is 7.37. The van der Waals surface area contributed by atoms with Crippen molar-refractivity contribution in [2.45, 2.75) is 6.54 Å². The second-order valence-electron chi connectivity index (χ2n) is 3.74. The Balaban J connectivity index is 0.00000180. The van der Waals surface area contributed by atoms with Gasteiger partial charge in [0.1, 0.15) is 17.4 Å². The van der Waals surface area contributed by atoms with Crippen LogP contribution < -0.4 is 10.1 Å². The maximum Gasteiger partial charge on any atom is 0.237 e. The van der Waals surface area contributed by atoms with Gasteiger partial charge >= 0.3 is 0 Å². The predicted octanol–water partition coefficient (Wildman–Crippen LogP) is 2.89. The summed E-state index contributed by atoms with van der Waals surface area (Å²) in [7, 11) is 1.90. The quantitative estimate of drug-likeness (QED) is 0.932. The highest BCUT2D eigenvalue weighted by Crippen LogP contribution is 2.22. The van der Waals surface area contributed by atoms with Crippen molar-refractivity contribution in [1.29, 1.82) is 5.26 Å². The molecule has 0 fully saturated rings. The Bertz CT molecular complexity index is 564. The Morgan fingerprint density at radius 1 is 1.26 bits per heavy atom. The highest BCUT2D eigenvalue weighted by molar-refractivity contribution is 5.85. The van der Waals surface area contributed by atoms with Crippen molar-refractivity contribution in [2.24, 2.45) is 0 Å². The van der Waals surface area contributed by atoms with E-state index in [0.29, 0.717) is 17.2 Å². The van der Waals surface area contributed by atoms with Crippen LogP contribution in [0.15, 0.2) is 42.6 Å². The molecule has 4 nitrogen and oxygen atoms in total. The number of hydrogen-bond acceptors (Lipinski definition) is 4. The minimum absolute atomic E-state index is 0. The third-order valence-electron chi connectivity index (χ3n) is 2.41. The zero-order chi connectivity index (χ0) is 12.8. The van der Waals surface area contributed by atoms with Gasteiger partial charge in [0, 0.05) is 12.7 Å². The Labute approximate surface area is 118 Å². The van der Waals surface area contributed by atoms with E-state index in [4.69, 9.17) is 10.00 Å². The first kappa shape index (κ1) is 15.0. The van der Waals surface area contributed by atoms with Gasteiger partial charge in [-0.15, -0.1) is 12.4 Å². The highest BCUT2D eigenvalue weighted by Gasteiger charge is 2.04. The summed E-state index contributed by atoms with van der Waals surface area (Å²) in [5.41, 5.74) is 1.60. The summed E-state index contributed by atoms with van der Waals surface area (Å²) in [6.07, 6.45) is 1.60. The summed E-state index contributed by atoms with van der Waals surface area (Å²) in [6, 6.07) is 13.1. The molecule has 0 bridgehead atoms. The average molecular weight is 276 g/mol. The molecule has 0 aliphatic carbocycles. The number of aromatic nitrogens is 1. The van der Waals surface area contributed by atoms with Crippen molar-refractivity contribution in [2.75, 3.05) is 7.05 Å². The van der Waals surface area contributed by atoms with Crippen molar-refractivity contribution in [1.82, 2.24) is 10.3 Å². The zero-order valence-electron chi connectivity index (χ0n) is 10.5. The van der Waals surface area contributed by atoms with Crippen molar-refractivity contribution >= 4 is 12.4 Å². The molecule has 19 heavy (non-hydrogen) atoms. The Morgan fingerprint density at radius 2 is 2.00 bits per heavy atom. The third kappa shape index (κ3) is 3.95. The van der Waals surface area contributed by atoms with Crippen LogP contribution in [-0.4, -0.2) is 12.0 Å². The molecule has 1 aromatic carbocycles. The fraction of sp³-hybridized carbons (Fsp3) is 0.143. The molecule has 98 valence electrons. The Morgan fingerprint density at radius 3 is 2.63 bits per heavy atom. The molecule has 1 N–H and O–H groups in total. The van der Waals surface area contributed by atoms with Gasteiger partial charge in [0.15, 0.2) is 0 Å². The van der Waals surface area contributed by atoms with Gasteiger partial charge in [0.2, 0.25) is 5.88 Å². The molecule has 0 spiro atoms. The van der Waals surface area contributed by atoms with Crippen molar-refractivity contribution in [3.8, 4) is 17.7 Å². The van der Waals surface area contributed by atoms with Crippen molar-refractivity contribution < 1.29 is 4.74 Å². The van der Waals surface area contributed by atoms with E-state index in [0.717, 1.165) is 6.54 Å². The molecule has 5 heteroatoms. The minimum Gasteiger partial charge on any atom is -0.438 e. The summed E-state index contributed by atoms with van der Waals surface area (Å²) >= 11 is 0. The van der Waals surface area contributed by atoms with E-state index in [1.165, 1.54) is 5.56 Å². The van der Waals surface area contributed by atoms with Gasteiger partial charge in [-0.3, -0.25) is 0 Å². The van der Waals surface area contributed by atoms with E-state index in [1.54, 1.807) is 18.3 Å². The molecular weight excluding hydrogens is 262 g/mol. The topological polar surface area (TPSA) is 57.9 Å². The molecule has 2 rings (SSSR count). The predicted molar refractivity (Wildman–Crippen MR) is 75.5 cm³/mol. The molecule has 0 aliphatic rings. The monoisotopic (exact) mass is 275 g/mol. The van der Waals surface area contributed by atoms with Crippen molar-refractivity contribution in [3.63, 3.8) is 0 Å². The van der Waals surface area contributed by atoms with Crippen LogP contribution in [0.2, 0.25) is 0 Å². The van der Waals surface area contributed by atoms with E-state index >= 15 is 0 Å². The number of hydrogen-bond donors (Lipinski definition) is 1. The molecule has 0 radical (unpaired) electrons. The first-order chi connectivity index (χ1) is 8.83. The summed E-state index contributed by atoms with van der Waals surface area (Å²) in [6.45, 7) is 0.813. The first-order valence-electron chi connectivity index (χ1n) is 5.60. The molecule has 1 aromatic heterocycles. The molecule has 1 heterocycles. The lowest BCUT2D eigenvalue weighted by Crippen LogP contribution is -2.04. The maximum atomic E-state index is 8.93.